The quantitative estimate of drug-likeness (QED) is 0.718. The summed E-state index contributed by atoms with van der Waals surface area (Å²) < 4.78 is 6.33. The lowest BCUT2D eigenvalue weighted by molar-refractivity contribution is -0.121. The number of hydrogen-bond acceptors (Lipinski definition) is 5. The Morgan fingerprint density at radius 3 is 2.82 bits per heavy atom. The van der Waals surface area contributed by atoms with Crippen LogP contribution in [0.1, 0.15) is 33.6 Å². The smallest absolute Gasteiger partial charge is 0.410 e. The second-order valence-corrected chi connectivity index (χ2v) is 8.92. The molecule has 1 atom stereocenters. The number of aromatic nitrogens is 1. The fourth-order valence-corrected chi connectivity index (χ4v) is 3.55. The number of ether oxygens (including phenoxy) is 1. The van der Waals surface area contributed by atoms with Gasteiger partial charge in [0.1, 0.15) is 5.60 Å². The number of pyridine rings is 1. The molecule has 0 aliphatic carbocycles. The third kappa shape index (κ3) is 4.73. The summed E-state index contributed by atoms with van der Waals surface area (Å²) in [6, 6.07) is 5.62. The number of nitrogens with one attached hydrogen (secondary N) is 1. The molecule has 2 aromatic rings. The van der Waals surface area contributed by atoms with Crippen molar-refractivity contribution in [1.82, 2.24) is 9.88 Å². The molecule has 0 radical (unpaired) electrons. The van der Waals surface area contributed by atoms with Crippen LogP contribution in [0.5, 0.6) is 0 Å². The molecule has 1 saturated heterocycles. The zero-order chi connectivity index (χ0) is 20.5. The van der Waals surface area contributed by atoms with E-state index in [-0.39, 0.29) is 17.9 Å². The standard InChI is InChI=1S/C20H25BrN4O3/c1-20(2,3)28-19(27)25-8-4-5-12(11-25)18(26)24-16-10-23-15-9-13(21)6-7-14(15)17(16)22/h6-7,9-10,12H,4-5,8,11H2,1-3H3,(H2,22,23)(H,24,26)/t12-/m0/s1. The number of nitrogens with two attached hydrogens (primary N) is 1. The van der Waals surface area contributed by atoms with E-state index in [2.05, 4.69) is 26.2 Å². The average Bonchev–Trinajstić information content (AvgIpc) is 2.62. The summed E-state index contributed by atoms with van der Waals surface area (Å²) in [5.74, 6) is -0.487. The number of anilines is 2. The summed E-state index contributed by atoms with van der Waals surface area (Å²) in [5, 5.41) is 3.66. The number of carbonyl (C=O) groups is 2. The highest BCUT2D eigenvalue weighted by atomic mass is 79.9. The molecule has 0 unspecified atom stereocenters. The van der Waals surface area contributed by atoms with Crippen molar-refractivity contribution in [2.45, 2.75) is 39.2 Å². The third-order valence-electron chi connectivity index (χ3n) is 4.57. The molecule has 1 aromatic carbocycles. The highest BCUT2D eigenvalue weighted by molar-refractivity contribution is 9.10. The van der Waals surface area contributed by atoms with Gasteiger partial charge in [0.2, 0.25) is 5.91 Å². The van der Waals surface area contributed by atoms with Crippen LogP contribution in [0.25, 0.3) is 10.9 Å². The predicted molar refractivity (Wildman–Crippen MR) is 113 cm³/mol. The fraction of sp³-hybridized carbons (Fsp3) is 0.450. The largest absolute Gasteiger partial charge is 0.444 e. The summed E-state index contributed by atoms with van der Waals surface area (Å²) in [7, 11) is 0. The molecule has 1 aromatic heterocycles. The Hall–Kier alpha value is -2.35. The van der Waals surface area contributed by atoms with Crippen LogP contribution < -0.4 is 11.1 Å². The molecule has 3 rings (SSSR count). The van der Waals surface area contributed by atoms with Crippen LogP contribution in [-0.2, 0) is 9.53 Å². The second-order valence-electron chi connectivity index (χ2n) is 8.00. The van der Waals surface area contributed by atoms with Gasteiger partial charge in [0, 0.05) is 22.9 Å². The van der Waals surface area contributed by atoms with Crippen molar-refractivity contribution in [2.24, 2.45) is 5.92 Å². The summed E-state index contributed by atoms with van der Waals surface area (Å²) in [5.41, 5.74) is 7.38. The number of carbonyl (C=O) groups excluding carboxylic acids is 2. The molecule has 3 N–H and O–H groups in total. The number of likely N-dealkylation sites (tertiary alicyclic amines) is 1. The van der Waals surface area contributed by atoms with Crippen molar-refractivity contribution < 1.29 is 14.3 Å². The Morgan fingerprint density at radius 2 is 2.11 bits per heavy atom. The first-order chi connectivity index (χ1) is 13.1. The molecule has 1 aliphatic rings. The number of fused-ring (bicyclic) bond motifs is 1. The Kier molecular flexibility index (Phi) is 5.79. The predicted octanol–water partition coefficient (Wildman–Crippen LogP) is 4.17. The van der Waals surface area contributed by atoms with E-state index in [4.69, 9.17) is 10.5 Å². The molecule has 8 heteroatoms. The van der Waals surface area contributed by atoms with E-state index in [1.54, 1.807) is 11.1 Å². The van der Waals surface area contributed by atoms with Gasteiger partial charge in [0.05, 0.1) is 29.0 Å². The Balaban J connectivity index is 1.70. The van der Waals surface area contributed by atoms with Gasteiger partial charge in [-0.3, -0.25) is 9.78 Å². The van der Waals surface area contributed by atoms with Gasteiger partial charge >= 0.3 is 6.09 Å². The van der Waals surface area contributed by atoms with Crippen LogP contribution in [0.2, 0.25) is 0 Å². The maximum Gasteiger partial charge on any atom is 0.410 e. The van der Waals surface area contributed by atoms with Gasteiger partial charge in [-0.1, -0.05) is 15.9 Å². The summed E-state index contributed by atoms with van der Waals surface area (Å²) in [6.07, 6.45) is 2.63. The van der Waals surface area contributed by atoms with Gasteiger partial charge in [0.15, 0.2) is 0 Å². The molecule has 0 bridgehead atoms. The zero-order valence-electron chi connectivity index (χ0n) is 16.3. The van der Waals surface area contributed by atoms with E-state index in [0.29, 0.717) is 30.9 Å². The first kappa shape index (κ1) is 20.4. The minimum Gasteiger partial charge on any atom is -0.444 e. The van der Waals surface area contributed by atoms with E-state index < -0.39 is 5.60 Å². The molecule has 1 fully saturated rings. The number of nitrogen functional groups attached to an aromatic ring is 1. The minimum absolute atomic E-state index is 0.168. The normalized spacial score (nSPS) is 17.4. The lowest BCUT2D eigenvalue weighted by Crippen LogP contribution is -2.45. The number of benzene rings is 1. The van der Waals surface area contributed by atoms with Crippen LogP contribution >= 0.6 is 15.9 Å². The SMILES string of the molecule is CC(C)(C)OC(=O)N1CCC[C@H](C(=O)Nc2cnc3cc(Br)ccc3c2N)C1. The lowest BCUT2D eigenvalue weighted by atomic mass is 9.97. The Bertz CT molecular complexity index is 910. The lowest BCUT2D eigenvalue weighted by Gasteiger charge is -2.33. The van der Waals surface area contributed by atoms with E-state index >= 15 is 0 Å². The van der Waals surface area contributed by atoms with Gasteiger partial charge < -0.3 is 20.7 Å². The van der Waals surface area contributed by atoms with E-state index in [0.717, 1.165) is 21.8 Å². The first-order valence-electron chi connectivity index (χ1n) is 9.26. The van der Waals surface area contributed by atoms with Crippen LogP contribution in [0, 0.1) is 5.92 Å². The Morgan fingerprint density at radius 1 is 1.36 bits per heavy atom. The number of hydrogen-bond donors (Lipinski definition) is 2. The molecule has 1 aliphatic heterocycles. The number of piperidine rings is 1. The van der Waals surface area contributed by atoms with Gasteiger partial charge in [0.25, 0.3) is 0 Å². The highest BCUT2D eigenvalue weighted by Crippen LogP contribution is 2.30. The van der Waals surface area contributed by atoms with Crippen molar-refractivity contribution >= 4 is 50.2 Å². The number of amides is 2. The van der Waals surface area contributed by atoms with Gasteiger partial charge in [-0.2, -0.15) is 0 Å². The van der Waals surface area contributed by atoms with Crippen molar-refractivity contribution in [2.75, 3.05) is 24.1 Å². The Labute approximate surface area is 172 Å². The van der Waals surface area contributed by atoms with Gasteiger partial charge in [-0.25, -0.2) is 4.79 Å². The topological polar surface area (TPSA) is 97.5 Å². The second kappa shape index (κ2) is 7.95. The van der Waals surface area contributed by atoms with Crippen LogP contribution in [0.4, 0.5) is 16.2 Å². The number of nitrogens with zero attached hydrogens (tertiary/aromatic N) is 2. The number of halogens is 1. The molecule has 2 heterocycles. The molecule has 28 heavy (non-hydrogen) atoms. The maximum atomic E-state index is 12.8. The van der Waals surface area contributed by atoms with Gasteiger partial charge in [-0.05, 0) is 51.8 Å². The summed E-state index contributed by atoms with van der Waals surface area (Å²) in [4.78, 5) is 31.1. The monoisotopic (exact) mass is 448 g/mol. The van der Waals surface area contributed by atoms with E-state index in [9.17, 15) is 9.59 Å². The zero-order valence-corrected chi connectivity index (χ0v) is 17.9. The highest BCUT2D eigenvalue weighted by Gasteiger charge is 2.31. The molecular weight excluding hydrogens is 424 g/mol. The van der Waals surface area contributed by atoms with Crippen LogP contribution in [0.15, 0.2) is 28.9 Å². The van der Waals surface area contributed by atoms with Crippen molar-refractivity contribution in [3.05, 3.63) is 28.9 Å². The molecule has 0 spiro atoms. The molecular formula is C20H25BrN4O3. The summed E-state index contributed by atoms with van der Waals surface area (Å²) in [6.45, 7) is 6.40. The minimum atomic E-state index is -0.563. The maximum absolute atomic E-state index is 12.8. The van der Waals surface area contributed by atoms with Crippen molar-refractivity contribution in [3.8, 4) is 0 Å². The summed E-state index contributed by atoms with van der Waals surface area (Å²) >= 11 is 3.41. The van der Waals surface area contributed by atoms with Crippen LogP contribution in [-0.4, -0.2) is 40.6 Å². The van der Waals surface area contributed by atoms with E-state index in [1.807, 2.05) is 39.0 Å². The number of rotatable bonds is 2. The van der Waals surface area contributed by atoms with Crippen LogP contribution in [0.3, 0.4) is 0 Å². The van der Waals surface area contributed by atoms with Crippen molar-refractivity contribution in [1.29, 1.82) is 0 Å². The first-order valence-corrected chi connectivity index (χ1v) is 10.1. The van der Waals surface area contributed by atoms with E-state index in [1.165, 1.54) is 0 Å². The molecule has 0 saturated carbocycles. The third-order valence-corrected chi connectivity index (χ3v) is 5.07. The van der Waals surface area contributed by atoms with Gasteiger partial charge in [-0.15, -0.1) is 0 Å². The average molecular weight is 449 g/mol. The van der Waals surface area contributed by atoms with Crippen molar-refractivity contribution in [3.63, 3.8) is 0 Å². The molecule has 2 amide bonds. The molecule has 7 nitrogen and oxygen atoms in total. The fourth-order valence-electron chi connectivity index (χ4n) is 3.21. The molecule has 150 valence electrons.